The van der Waals surface area contributed by atoms with Crippen molar-refractivity contribution in [2.75, 3.05) is 6.54 Å². The van der Waals surface area contributed by atoms with Crippen LogP contribution in [0.15, 0.2) is 40.2 Å². The Hall–Kier alpha value is 0.0900. The van der Waals surface area contributed by atoms with E-state index in [2.05, 4.69) is 80.2 Å². The third-order valence-electron chi connectivity index (χ3n) is 2.40. The molecule has 4 heteroatoms. The van der Waals surface area contributed by atoms with E-state index in [-0.39, 0.29) is 0 Å². The number of hydrogen-bond acceptors (Lipinski definition) is 2. The molecular formula is C13H13BrINS. The summed E-state index contributed by atoms with van der Waals surface area (Å²) in [4.78, 5) is 1.42. The van der Waals surface area contributed by atoms with Gasteiger partial charge in [-0.25, -0.2) is 0 Å². The normalized spacial score (nSPS) is 10.7. The van der Waals surface area contributed by atoms with E-state index in [0.29, 0.717) is 0 Å². The molecule has 1 nitrogen and oxygen atoms in total. The molecule has 0 fully saturated rings. The average molecular weight is 422 g/mol. The maximum absolute atomic E-state index is 3.48. The molecule has 0 saturated heterocycles. The van der Waals surface area contributed by atoms with Crippen LogP contribution in [0.25, 0.3) is 0 Å². The van der Waals surface area contributed by atoms with Gasteiger partial charge in [-0.2, -0.15) is 0 Å². The molecule has 2 aromatic rings. The van der Waals surface area contributed by atoms with Gasteiger partial charge in [-0.1, -0.05) is 12.1 Å². The van der Waals surface area contributed by atoms with Gasteiger partial charge < -0.3 is 5.32 Å². The highest BCUT2D eigenvalue weighted by Gasteiger charge is 1.98. The molecule has 1 aromatic heterocycles. The van der Waals surface area contributed by atoms with Crippen molar-refractivity contribution in [3.8, 4) is 0 Å². The summed E-state index contributed by atoms with van der Waals surface area (Å²) in [6, 6.07) is 12.9. The molecule has 0 amide bonds. The molecule has 0 saturated carbocycles. The Labute approximate surface area is 128 Å². The molecule has 0 radical (unpaired) electrons. The number of halogens is 2. The van der Waals surface area contributed by atoms with Gasteiger partial charge in [-0.05, 0) is 74.8 Å². The van der Waals surface area contributed by atoms with Gasteiger partial charge in [0, 0.05) is 21.5 Å². The highest BCUT2D eigenvalue weighted by atomic mass is 127. The lowest BCUT2D eigenvalue weighted by Crippen LogP contribution is -2.16. The Kier molecular flexibility index (Phi) is 5.47. The van der Waals surface area contributed by atoms with Crippen LogP contribution in [0.4, 0.5) is 0 Å². The Morgan fingerprint density at radius 3 is 2.82 bits per heavy atom. The number of thiophene rings is 1. The van der Waals surface area contributed by atoms with E-state index < -0.39 is 0 Å². The van der Waals surface area contributed by atoms with Crippen molar-refractivity contribution in [2.45, 2.75) is 13.0 Å². The fourth-order valence-electron chi connectivity index (χ4n) is 1.58. The van der Waals surface area contributed by atoms with E-state index in [1.807, 2.05) is 11.3 Å². The van der Waals surface area contributed by atoms with Crippen molar-refractivity contribution in [1.82, 2.24) is 5.32 Å². The van der Waals surface area contributed by atoms with Crippen LogP contribution in [-0.2, 0) is 13.0 Å². The second-order valence-corrected chi connectivity index (χ2v) is 7.56. The lowest BCUT2D eigenvalue weighted by Gasteiger charge is -2.04. The summed E-state index contributed by atoms with van der Waals surface area (Å²) in [5, 5.41) is 3.47. The van der Waals surface area contributed by atoms with Crippen LogP contribution in [0.1, 0.15) is 10.4 Å². The van der Waals surface area contributed by atoms with Crippen molar-refractivity contribution >= 4 is 49.9 Å². The fraction of sp³-hybridized carbons (Fsp3) is 0.231. The minimum absolute atomic E-state index is 0.948. The van der Waals surface area contributed by atoms with Crippen molar-refractivity contribution < 1.29 is 0 Å². The van der Waals surface area contributed by atoms with E-state index in [1.165, 1.54) is 17.8 Å². The molecule has 0 atom stereocenters. The lowest BCUT2D eigenvalue weighted by atomic mass is 10.2. The van der Waals surface area contributed by atoms with E-state index in [0.717, 1.165) is 19.5 Å². The van der Waals surface area contributed by atoms with Gasteiger partial charge in [0.1, 0.15) is 0 Å². The molecule has 1 aromatic carbocycles. The summed E-state index contributed by atoms with van der Waals surface area (Å²) in [6.07, 6.45) is 1.10. The summed E-state index contributed by atoms with van der Waals surface area (Å²) in [6.45, 7) is 1.97. The van der Waals surface area contributed by atoms with Gasteiger partial charge in [-0.3, -0.25) is 0 Å². The third kappa shape index (κ3) is 4.69. The zero-order valence-electron chi connectivity index (χ0n) is 9.25. The smallest absolute Gasteiger partial charge is 0.0701 e. The van der Waals surface area contributed by atoms with Gasteiger partial charge >= 0.3 is 0 Å². The van der Waals surface area contributed by atoms with Crippen LogP contribution >= 0.6 is 49.9 Å². The standard InChI is InChI=1S/C13H13BrINS/c14-13-5-4-12(17-13)6-7-16-9-10-2-1-3-11(15)8-10/h1-5,8,16H,6-7,9H2. The van der Waals surface area contributed by atoms with Crippen LogP contribution in [0.5, 0.6) is 0 Å². The lowest BCUT2D eigenvalue weighted by molar-refractivity contribution is 0.690. The second kappa shape index (κ2) is 6.87. The third-order valence-corrected chi connectivity index (χ3v) is 4.75. The zero-order valence-corrected chi connectivity index (χ0v) is 13.8. The van der Waals surface area contributed by atoms with E-state index >= 15 is 0 Å². The molecule has 90 valence electrons. The van der Waals surface area contributed by atoms with Crippen LogP contribution < -0.4 is 5.32 Å². The topological polar surface area (TPSA) is 12.0 Å². The first-order chi connectivity index (χ1) is 8.24. The van der Waals surface area contributed by atoms with Crippen LogP contribution in [0.3, 0.4) is 0 Å². The van der Waals surface area contributed by atoms with E-state index in [1.54, 1.807) is 0 Å². The minimum atomic E-state index is 0.948. The quantitative estimate of drug-likeness (QED) is 0.555. The minimum Gasteiger partial charge on any atom is -0.312 e. The molecule has 0 aliphatic rings. The predicted molar refractivity (Wildman–Crippen MR) is 86.6 cm³/mol. The SMILES string of the molecule is Brc1ccc(CCNCc2cccc(I)c2)s1. The summed E-state index contributed by atoms with van der Waals surface area (Å²) in [7, 11) is 0. The summed E-state index contributed by atoms with van der Waals surface area (Å²) in [5.74, 6) is 0. The largest absolute Gasteiger partial charge is 0.312 e. The highest BCUT2D eigenvalue weighted by Crippen LogP contribution is 2.22. The summed E-state index contributed by atoms with van der Waals surface area (Å²) in [5.41, 5.74) is 1.35. The van der Waals surface area contributed by atoms with Gasteiger partial charge in [0.05, 0.1) is 3.79 Å². The van der Waals surface area contributed by atoms with Crippen molar-refractivity contribution in [1.29, 1.82) is 0 Å². The van der Waals surface area contributed by atoms with Gasteiger partial charge in [0.25, 0.3) is 0 Å². The van der Waals surface area contributed by atoms with E-state index in [9.17, 15) is 0 Å². The van der Waals surface area contributed by atoms with Gasteiger partial charge in [-0.15, -0.1) is 11.3 Å². The van der Waals surface area contributed by atoms with Crippen molar-refractivity contribution in [3.05, 3.63) is 54.2 Å². The highest BCUT2D eigenvalue weighted by molar-refractivity contribution is 14.1. The second-order valence-electron chi connectivity index (χ2n) is 3.76. The average Bonchev–Trinajstić information content (AvgIpc) is 2.71. The number of rotatable bonds is 5. The monoisotopic (exact) mass is 421 g/mol. The number of nitrogens with one attached hydrogen (secondary N) is 1. The first kappa shape index (κ1) is 13.5. The van der Waals surface area contributed by atoms with Crippen LogP contribution in [0.2, 0.25) is 0 Å². The summed E-state index contributed by atoms with van der Waals surface area (Å²) >= 11 is 7.64. The Balaban J connectivity index is 1.73. The zero-order chi connectivity index (χ0) is 12.1. The van der Waals surface area contributed by atoms with E-state index in [4.69, 9.17) is 0 Å². The molecular weight excluding hydrogens is 409 g/mol. The molecule has 0 bridgehead atoms. The van der Waals surface area contributed by atoms with Gasteiger partial charge in [0.15, 0.2) is 0 Å². The Morgan fingerprint density at radius 1 is 1.24 bits per heavy atom. The van der Waals surface area contributed by atoms with Crippen molar-refractivity contribution in [2.24, 2.45) is 0 Å². The van der Waals surface area contributed by atoms with Crippen LogP contribution in [0, 0.1) is 3.57 Å². The molecule has 0 aliphatic carbocycles. The number of benzene rings is 1. The maximum Gasteiger partial charge on any atom is 0.0701 e. The molecule has 0 spiro atoms. The molecule has 2 rings (SSSR count). The molecule has 0 aliphatic heterocycles. The van der Waals surface area contributed by atoms with Crippen molar-refractivity contribution in [3.63, 3.8) is 0 Å². The summed E-state index contributed by atoms with van der Waals surface area (Å²) < 4.78 is 2.51. The molecule has 0 unspecified atom stereocenters. The molecule has 17 heavy (non-hydrogen) atoms. The Morgan fingerprint density at radius 2 is 2.12 bits per heavy atom. The first-order valence-corrected chi connectivity index (χ1v) is 8.12. The first-order valence-electron chi connectivity index (χ1n) is 5.43. The maximum atomic E-state index is 3.48. The predicted octanol–water partition coefficient (Wildman–Crippen LogP) is 4.45. The number of hydrogen-bond donors (Lipinski definition) is 1. The van der Waals surface area contributed by atoms with Gasteiger partial charge in [0.2, 0.25) is 0 Å². The molecule has 1 heterocycles. The Bertz CT molecular complexity index is 484. The molecule has 1 N–H and O–H groups in total. The fourth-order valence-corrected chi connectivity index (χ4v) is 3.67. The van der Waals surface area contributed by atoms with Crippen LogP contribution in [-0.4, -0.2) is 6.54 Å².